The molecular formula is C21H21N5O5. The highest BCUT2D eigenvalue weighted by Gasteiger charge is 2.25. The summed E-state index contributed by atoms with van der Waals surface area (Å²) >= 11 is 0. The highest BCUT2D eigenvalue weighted by molar-refractivity contribution is 5.95. The Kier molecular flexibility index (Phi) is 6.61. The smallest absolute Gasteiger partial charge is 0.374 e. The third-order valence-electron chi connectivity index (χ3n) is 4.38. The number of hydrogen-bond acceptors (Lipinski definition) is 8. The minimum Gasteiger partial charge on any atom is -0.497 e. The number of nitro groups is 1. The van der Waals surface area contributed by atoms with Gasteiger partial charge in [0.05, 0.1) is 12.0 Å². The molecule has 0 bridgehead atoms. The minimum absolute atomic E-state index is 0.212. The van der Waals surface area contributed by atoms with Gasteiger partial charge in [-0.05, 0) is 47.9 Å². The lowest BCUT2D eigenvalue weighted by Crippen LogP contribution is -2.30. The Morgan fingerprint density at radius 2 is 1.68 bits per heavy atom. The van der Waals surface area contributed by atoms with Crippen LogP contribution in [0.15, 0.2) is 54.9 Å². The summed E-state index contributed by atoms with van der Waals surface area (Å²) in [6.45, 7) is 4.12. The van der Waals surface area contributed by atoms with Crippen LogP contribution in [0.3, 0.4) is 0 Å². The zero-order valence-electron chi connectivity index (χ0n) is 17.2. The van der Waals surface area contributed by atoms with E-state index in [9.17, 15) is 14.9 Å². The molecule has 2 aromatic carbocycles. The van der Waals surface area contributed by atoms with Gasteiger partial charge in [0.15, 0.2) is 0 Å². The number of benzene rings is 2. The van der Waals surface area contributed by atoms with Crippen LogP contribution in [0.2, 0.25) is 0 Å². The number of rotatable bonds is 8. The second-order valence-electron chi connectivity index (χ2n) is 6.77. The summed E-state index contributed by atoms with van der Waals surface area (Å²) in [6, 6.07) is 13.5. The highest BCUT2D eigenvalue weighted by Crippen LogP contribution is 2.34. The van der Waals surface area contributed by atoms with Gasteiger partial charge in [-0.2, -0.15) is 4.98 Å². The van der Waals surface area contributed by atoms with Crippen molar-refractivity contribution < 1.29 is 19.2 Å². The van der Waals surface area contributed by atoms with Crippen LogP contribution in [0, 0.1) is 10.1 Å². The summed E-state index contributed by atoms with van der Waals surface area (Å²) in [6.07, 6.45) is 1.10. The molecule has 3 rings (SSSR count). The Morgan fingerprint density at radius 3 is 2.26 bits per heavy atom. The molecule has 1 heterocycles. The molecule has 0 aliphatic carbocycles. The first-order valence-electron chi connectivity index (χ1n) is 9.36. The first-order chi connectivity index (χ1) is 14.9. The average molecular weight is 423 g/mol. The number of hydrazine groups is 1. The van der Waals surface area contributed by atoms with E-state index < -0.39 is 16.5 Å². The van der Waals surface area contributed by atoms with Crippen molar-refractivity contribution in [2.45, 2.75) is 19.8 Å². The van der Waals surface area contributed by atoms with Crippen molar-refractivity contribution in [3.05, 3.63) is 76.1 Å². The minimum atomic E-state index is -0.681. The van der Waals surface area contributed by atoms with E-state index in [0.717, 1.165) is 11.9 Å². The Morgan fingerprint density at radius 1 is 1.03 bits per heavy atom. The van der Waals surface area contributed by atoms with Crippen LogP contribution >= 0.6 is 0 Å². The number of hydrogen-bond donors (Lipinski definition) is 2. The quantitative estimate of drug-likeness (QED) is 0.410. The van der Waals surface area contributed by atoms with Gasteiger partial charge in [-0.3, -0.25) is 25.8 Å². The fraction of sp³-hybridized carbons (Fsp3) is 0.190. The summed E-state index contributed by atoms with van der Waals surface area (Å²) in [5, 5.41) is 11.6. The first-order valence-corrected chi connectivity index (χ1v) is 9.36. The zero-order valence-corrected chi connectivity index (χ0v) is 17.2. The van der Waals surface area contributed by atoms with Gasteiger partial charge in [0.25, 0.3) is 5.91 Å². The van der Waals surface area contributed by atoms with Crippen molar-refractivity contribution in [3.63, 3.8) is 0 Å². The van der Waals surface area contributed by atoms with Crippen molar-refractivity contribution in [2.24, 2.45) is 0 Å². The molecular weight excluding hydrogens is 402 g/mol. The fourth-order valence-electron chi connectivity index (χ4n) is 2.66. The van der Waals surface area contributed by atoms with Gasteiger partial charge in [0.1, 0.15) is 17.8 Å². The highest BCUT2D eigenvalue weighted by atomic mass is 16.6. The SMILES string of the molecule is COc1ccc(C(=O)NNc2ncnc(Oc3ccc(C(C)C)cc3)c2[N+](=O)[O-])cc1. The maximum Gasteiger partial charge on any atom is 0.374 e. The van der Waals surface area contributed by atoms with Gasteiger partial charge in [0.2, 0.25) is 5.82 Å². The molecule has 0 aliphatic rings. The van der Waals surface area contributed by atoms with Crippen LogP contribution in [0.4, 0.5) is 11.5 Å². The van der Waals surface area contributed by atoms with E-state index in [-0.39, 0.29) is 11.7 Å². The summed E-state index contributed by atoms with van der Waals surface area (Å²) < 4.78 is 10.7. The lowest BCUT2D eigenvalue weighted by Gasteiger charge is -2.11. The number of aromatic nitrogens is 2. The van der Waals surface area contributed by atoms with E-state index in [1.165, 1.54) is 7.11 Å². The largest absolute Gasteiger partial charge is 0.497 e. The Hall–Kier alpha value is -4.21. The van der Waals surface area contributed by atoms with Crippen LogP contribution in [-0.4, -0.2) is 27.9 Å². The van der Waals surface area contributed by atoms with Crippen LogP contribution < -0.4 is 20.3 Å². The van der Waals surface area contributed by atoms with Crippen molar-refractivity contribution in [3.8, 4) is 17.4 Å². The second kappa shape index (κ2) is 9.53. The number of anilines is 1. The molecule has 0 saturated carbocycles. The van der Waals surface area contributed by atoms with E-state index in [1.807, 2.05) is 12.1 Å². The third kappa shape index (κ3) is 5.24. The van der Waals surface area contributed by atoms with Crippen LogP contribution in [0.1, 0.15) is 35.7 Å². The van der Waals surface area contributed by atoms with Gasteiger partial charge >= 0.3 is 11.6 Å². The molecule has 1 amide bonds. The van der Waals surface area contributed by atoms with Crippen molar-refractivity contribution in [1.82, 2.24) is 15.4 Å². The summed E-state index contributed by atoms with van der Waals surface area (Å²) in [5.41, 5.74) is 5.77. The molecule has 0 unspecified atom stereocenters. The monoisotopic (exact) mass is 423 g/mol. The predicted molar refractivity (Wildman–Crippen MR) is 113 cm³/mol. The standard InChI is InChI=1S/C21H21N5O5/c1-13(2)14-4-10-17(11-5-14)31-21-18(26(28)29)19(22-12-23-21)24-25-20(27)15-6-8-16(30-3)9-7-15/h4-13H,1-3H3,(H,25,27)(H,22,23,24). The maximum atomic E-state index is 12.3. The number of ether oxygens (including phenoxy) is 2. The molecule has 3 aromatic rings. The first kappa shape index (κ1) is 21.5. The third-order valence-corrected chi connectivity index (χ3v) is 4.38. The van der Waals surface area contributed by atoms with Gasteiger partial charge in [0, 0.05) is 5.56 Å². The molecule has 2 N–H and O–H groups in total. The molecule has 10 heteroatoms. The predicted octanol–water partition coefficient (Wildman–Crippen LogP) is 4.07. The maximum absolute atomic E-state index is 12.3. The van der Waals surface area contributed by atoms with Gasteiger partial charge < -0.3 is 9.47 Å². The molecule has 0 aliphatic heterocycles. The van der Waals surface area contributed by atoms with Gasteiger partial charge in [-0.15, -0.1) is 0 Å². The average Bonchev–Trinajstić information content (AvgIpc) is 2.77. The number of carbonyl (C=O) groups excluding carboxylic acids is 1. The molecule has 0 spiro atoms. The number of amides is 1. The Labute approximate surface area is 178 Å². The molecule has 1 aromatic heterocycles. The lowest BCUT2D eigenvalue weighted by atomic mass is 10.0. The van der Waals surface area contributed by atoms with Gasteiger partial charge in [-0.25, -0.2) is 4.98 Å². The molecule has 10 nitrogen and oxygen atoms in total. The fourth-order valence-corrected chi connectivity index (χ4v) is 2.66. The van der Waals surface area contributed by atoms with Crippen LogP contribution in [0.25, 0.3) is 0 Å². The molecule has 0 saturated heterocycles. The lowest BCUT2D eigenvalue weighted by molar-refractivity contribution is -0.385. The molecule has 0 atom stereocenters. The topological polar surface area (TPSA) is 129 Å². The molecule has 31 heavy (non-hydrogen) atoms. The van der Waals surface area contributed by atoms with Crippen LogP contribution in [0.5, 0.6) is 17.4 Å². The molecule has 0 radical (unpaired) electrons. The van der Waals surface area contributed by atoms with E-state index >= 15 is 0 Å². The zero-order chi connectivity index (χ0) is 22.4. The molecule has 160 valence electrons. The molecule has 0 fully saturated rings. The van der Waals surface area contributed by atoms with E-state index in [1.54, 1.807) is 36.4 Å². The Bertz CT molecular complexity index is 1070. The van der Waals surface area contributed by atoms with Gasteiger partial charge in [-0.1, -0.05) is 26.0 Å². The number of nitrogens with zero attached hydrogens (tertiary/aromatic N) is 3. The summed E-state index contributed by atoms with van der Waals surface area (Å²) in [7, 11) is 1.52. The number of carbonyl (C=O) groups is 1. The van der Waals surface area contributed by atoms with Crippen LogP contribution in [-0.2, 0) is 0 Å². The van der Waals surface area contributed by atoms with Crippen molar-refractivity contribution in [1.29, 1.82) is 0 Å². The normalized spacial score (nSPS) is 10.5. The summed E-state index contributed by atoms with van der Waals surface area (Å²) in [4.78, 5) is 31.0. The van der Waals surface area contributed by atoms with Crippen molar-refractivity contribution >= 4 is 17.4 Å². The number of methoxy groups -OCH3 is 1. The summed E-state index contributed by atoms with van der Waals surface area (Å²) in [5.74, 6) is 0.350. The Balaban J connectivity index is 1.77. The van der Waals surface area contributed by atoms with Crippen molar-refractivity contribution in [2.75, 3.05) is 12.5 Å². The number of nitrogens with one attached hydrogen (secondary N) is 2. The van der Waals surface area contributed by atoms with E-state index in [2.05, 4.69) is 34.7 Å². The van der Waals surface area contributed by atoms with E-state index in [4.69, 9.17) is 9.47 Å². The second-order valence-corrected chi connectivity index (χ2v) is 6.77. The van der Waals surface area contributed by atoms with E-state index in [0.29, 0.717) is 23.0 Å².